The lowest BCUT2D eigenvalue weighted by molar-refractivity contribution is -0.107. The summed E-state index contributed by atoms with van der Waals surface area (Å²) in [7, 11) is 0. The number of carbonyl (C=O) groups excluding carboxylic acids is 1. The summed E-state index contributed by atoms with van der Waals surface area (Å²) in [6.07, 6.45) is 3.03. The Balaban J connectivity index is 2.65. The van der Waals surface area contributed by atoms with Crippen LogP contribution in [0.3, 0.4) is 0 Å². The van der Waals surface area contributed by atoms with E-state index < -0.39 is 0 Å². The predicted molar refractivity (Wildman–Crippen MR) is 45.0 cm³/mol. The van der Waals surface area contributed by atoms with Gasteiger partial charge < -0.3 is 4.79 Å². The molecule has 0 saturated carbocycles. The molecule has 3 heteroatoms. The molecule has 0 unspecified atom stereocenters. The van der Waals surface area contributed by atoms with Crippen molar-refractivity contribution >= 4 is 11.8 Å². The third kappa shape index (κ3) is 0.993. The highest BCUT2D eigenvalue weighted by Crippen LogP contribution is 2.05. The van der Waals surface area contributed by atoms with E-state index in [9.17, 15) is 4.79 Å². The maximum Gasteiger partial charge on any atom is 0.125 e. The fourth-order valence-corrected chi connectivity index (χ4v) is 1.25. The first kappa shape index (κ1) is 7.03. The van der Waals surface area contributed by atoms with Crippen LogP contribution < -0.4 is 0 Å². The van der Waals surface area contributed by atoms with Gasteiger partial charge in [-0.1, -0.05) is 6.07 Å². The summed E-state index contributed by atoms with van der Waals surface area (Å²) in [6, 6.07) is 7.69. The predicted octanol–water partition coefficient (Wildman–Crippen LogP) is 1.08. The molecule has 0 N–H and O–H groups in total. The van der Waals surface area contributed by atoms with Crippen LogP contribution in [0, 0.1) is 0 Å². The van der Waals surface area contributed by atoms with Gasteiger partial charge in [0.15, 0.2) is 0 Å². The second-order valence-corrected chi connectivity index (χ2v) is 2.56. The average Bonchev–Trinajstić information content (AvgIpc) is 2.53. The van der Waals surface area contributed by atoms with Gasteiger partial charge in [-0.05, 0) is 18.2 Å². The van der Waals surface area contributed by atoms with E-state index in [1.165, 1.54) is 0 Å². The molecule has 0 amide bonds. The Kier molecular flexibility index (Phi) is 1.63. The van der Waals surface area contributed by atoms with Gasteiger partial charge in [-0.2, -0.15) is 5.10 Å². The molecule has 0 fully saturated rings. The van der Waals surface area contributed by atoms with Crippen LogP contribution in [-0.4, -0.2) is 15.9 Å². The first-order chi connectivity index (χ1) is 5.92. The van der Waals surface area contributed by atoms with E-state index >= 15 is 0 Å². The van der Waals surface area contributed by atoms with E-state index in [2.05, 4.69) is 5.10 Å². The topological polar surface area (TPSA) is 34.4 Å². The van der Waals surface area contributed by atoms with Gasteiger partial charge in [-0.15, -0.1) is 0 Å². The summed E-state index contributed by atoms with van der Waals surface area (Å²) in [4.78, 5) is 10.3. The number of hydrogen-bond donors (Lipinski definition) is 0. The molecular formula is C9H8N2O. The molecule has 60 valence electrons. The summed E-state index contributed by atoms with van der Waals surface area (Å²) in [5.41, 5.74) is 1.95. The maximum atomic E-state index is 10.3. The maximum absolute atomic E-state index is 10.3. The van der Waals surface area contributed by atoms with Gasteiger partial charge >= 0.3 is 0 Å². The van der Waals surface area contributed by atoms with Crippen molar-refractivity contribution in [2.75, 3.05) is 0 Å². The van der Waals surface area contributed by atoms with Crippen LogP contribution in [0.15, 0.2) is 30.5 Å². The average molecular weight is 160 g/mol. The number of hydrogen-bond acceptors (Lipinski definition) is 2. The number of aldehydes is 1. The van der Waals surface area contributed by atoms with Gasteiger partial charge in [0.2, 0.25) is 0 Å². The van der Waals surface area contributed by atoms with Gasteiger partial charge in [0.1, 0.15) is 6.29 Å². The Morgan fingerprint density at radius 2 is 2.33 bits per heavy atom. The molecule has 0 bridgehead atoms. The summed E-state index contributed by atoms with van der Waals surface area (Å²) in [5, 5.41) is 4.10. The molecular weight excluding hydrogens is 152 g/mol. The van der Waals surface area contributed by atoms with E-state index in [1.54, 1.807) is 10.7 Å². The highest BCUT2D eigenvalue weighted by atomic mass is 16.1. The lowest BCUT2D eigenvalue weighted by Gasteiger charge is -1.98. The fourth-order valence-electron chi connectivity index (χ4n) is 1.25. The van der Waals surface area contributed by atoms with Crippen molar-refractivity contribution in [3.05, 3.63) is 36.2 Å². The number of aromatic nitrogens is 2. The summed E-state index contributed by atoms with van der Waals surface area (Å²) in [5.74, 6) is 0. The molecule has 12 heavy (non-hydrogen) atoms. The minimum absolute atomic E-state index is 0.416. The van der Waals surface area contributed by atoms with E-state index in [0.29, 0.717) is 6.42 Å². The standard InChI is InChI=1S/C9H8N2O/c12-7-5-9-3-1-2-8-4-6-10-11(8)9/h1-4,6-7H,5H2. The van der Waals surface area contributed by atoms with Gasteiger partial charge in [0.05, 0.1) is 5.52 Å². The van der Waals surface area contributed by atoms with Crippen LogP contribution in [0.25, 0.3) is 5.52 Å². The normalized spacial score (nSPS) is 10.3. The van der Waals surface area contributed by atoms with Crippen molar-refractivity contribution < 1.29 is 4.79 Å². The molecule has 0 atom stereocenters. The Morgan fingerprint density at radius 3 is 3.17 bits per heavy atom. The quantitative estimate of drug-likeness (QED) is 0.616. The van der Waals surface area contributed by atoms with E-state index in [0.717, 1.165) is 17.5 Å². The zero-order valence-corrected chi connectivity index (χ0v) is 6.47. The molecule has 0 aromatic carbocycles. The van der Waals surface area contributed by atoms with Crippen molar-refractivity contribution in [2.24, 2.45) is 0 Å². The molecule has 0 aliphatic rings. The van der Waals surface area contributed by atoms with E-state index in [1.807, 2.05) is 24.3 Å². The molecule has 0 saturated heterocycles. The van der Waals surface area contributed by atoms with Gasteiger partial charge in [-0.3, -0.25) is 0 Å². The second-order valence-electron chi connectivity index (χ2n) is 2.56. The third-order valence-corrected chi connectivity index (χ3v) is 1.79. The molecule has 2 aromatic heterocycles. The van der Waals surface area contributed by atoms with E-state index in [-0.39, 0.29) is 0 Å². The molecule has 3 nitrogen and oxygen atoms in total. The molecule has 0 spiro atoms. The van der Waals surface area contributed by atoms with Crippen LogP contribution in [0.1, 0.15) is 5.69 Å². The van der Waals surface area contributed by atoms with Gasteiger partial charge in [0.25, 0.3) is 0 Å². The molecule has 0 aliphatic carbocycles. The smallest absolute Gasteiger partial charge is 0.125 e. The lowest BCUT2D eigenvalue weighted by atomic mass is 10.3. The highest BCUT2D eigenvalue weighted by molar-refractivity contribution is 5.56. The SMILES string of the molecule is O=CCc1cccc2ccnn12. The summed E-state index contributed by atoms with van der Waals surface area (Å²) >= 11 is 0. The Bertz CT molecular complexity index is 406. The van der Waals surface area contributed by atoms with Crippen molar-refractivity contribution in [1.29, 1.82) is 0 Å². The summed E-state index contributed by atoms with van der Waals surface area (Å²) < 4.78 is 1.77. The second kappa shape index (κ2) is 2.77. The third-order valence-electron chi connectivity index (χ3n) is 1.79. The van der Waals surface area contributed by atoms with Crippen LogP contribution in [0.2, 0.25) is 0 Å². The minimum atomic E-state index is 0.416. The van der Waals surface area contributed by atoms with Crippen LogP contribution >= 0.6 is 0 Å². The lowest BCUT2D eigenvalue weighted by Crippen LogP contribution is -1.98. The molecule has 0 radical (unpaired) electrons. The molecule has 2 heterocycles. The van der Waals surface area contributed by atoms with Crippen molar-refractivity contribution in [1.82, 2.24) is 9.61 Å². The number of nitrogens with zero attached hydrogens (tertiary/aromatic N) is 2. The van der Waals surface area contributed by atoms with Crippen molar-refractivity contribution in [2.45, 2.75) is 6.42 Å². The van der Waals surface area contributed by atoms with Gasteiger partial charge in [-0.25, -0.2) is 4.52 Å². The Labute approximate surface area is 69.6 Å². The first-order valence-electron chi connectivity index (χ1n) is 3.77. The number of rotatable bonds is 2. The fraction of sp³-hybridized carbons (Fsp3) is 0.111. The van der Waals surface area contributed by atoms with Crippen LogP contribution in [0.4, 0.5) is 0 Å². The minimum Gasteiger partial charge on any atom is -0.303 e. The number of pyridine rings is 1. The Hall–Kier alpha value is -1.64. The zero-order valence-electron chi connectivity index (χ0n) is 6.47. The summed E-state index contributed by atoms with van der Waals surface area (Å²) in [6.45, 7) is 0. The van der Waals surface area contributed by atoms with Gasteiger partial charge in [0, 0.05) is 18.3 Å². The Morgan fingerprint density at radius 1 is 1.42 bits per heavy atom. The van der Waals surface area contributed by atoms with Crippen molar-refractivity contribution in [3.8, 4) is 0 Å². The van der Waals surface area contributed by atoms with Crippen LogP contribution in [-0.2, 0) is 11.2 Å². The zero-order chi connectivity index (χ0) is 8.39. The first-order valence-corrected chi connectivity index (χ1v) is 3.77. The largest absolute Gasteiger partial charge is 0.303 e. The highest BCUT2D eigenvalue weighted by Gasteiger charge is 1.98. The van der Waals surface area contributed by atoms with Crippen LogP contribution in [0.5, 0.6) is 0 Å². The number of fused-ring (bicyclic) bond motifs is 1. The monoisotopic (exact) mass is 160 g/mol. The molecule has 2 aromatic rings. The number of carbonyl (C=O) groups is 1. The molecule has 2 rings (SSSR count). The van der Waals surface area contributed by atoms with Crippen molar-refractivity contribution in [3.63, 3.8) is 0 Å². The molecule has 0 aliphatic heterocycles. The van der Waals surface area contributed by atoms with E-state index in [4.69, 9.17) is 0 Å².